The molecule has 2 unspecified atom stereocenters. The van der Waals surface area contributed by atoms with Crippen LogP contribution in [0.15, 0.2) is 93.9 Å². The Morgan fingerprint density at radius 3 is 2.44 bits per heavy atom. The van der Waals surface area contributed by atoms with E-state index in [0.717, 1.165) is 51.5 Å². The minimum atomic E-state index is -0.196. The molecule has 3 heterocycles. The van der Waals surface area contributed by atoms with Crippen molar-refractivity contribution in [3.8, 4) is 17.1 Å². The minimum Gasteiger partial charge on any atom is -0.490 e. The lowest BCUT2D eigenvalue weighted by Crippen LogP contribution is -2.29. The number of benzene rings is 2. The van der Waals surface area contributed by atoms with Gasteiger partial charge in [0.05, 0.1) is 17.8 Å². The molecule has 182 valence electrons. The number of ether oxygens (including phenoxy) is 1. The molecule has 1 saturated carbocycles. The summed E-state index contributed by atoms with van der Waals surface area (Å²) < 4.78 is 13.7. The Labute approximate surface area is 224 Å². The second-order valence-electron chi connectivity index (χ2n) is 9.22. The SMILES string of the molecule is S=C1NC(c2ccccn2)C(c2ccc(-c3ccc(Br)cc3)o2)N1c1ccc(OC2CCCC2)cc1. The molecule has 1 N–H and O–H groups in total. The number of hydrogen-bond acceptors (Lipinski definition) is 4. The van der Waals surface area contributed by atoms with E-state index in [2.05, 4.69) is 43.3 Å². The summed E-state index contributed by atoms with van der Waals surface area (Å²) in [6.07, 6.45) is 6.90. The topological polar surface area (TPSA) is 50.5 Å². The maximum Gasteiger partial charge on any atom is 0.174 e. The monoisotopic (exact) mass is 559 g/mol. The van der Waals surface area contributed by atoms with E-state index >= 15 is 0 Å². The number of nitrogens with zero attached hydrogens (tertiary/aromatic N) is 2. The molecule has 0 bridgehead atoms. The van der Waals surface area contributed by atoms with Crippen LogP contribution in [0, 0.1) is 0 Å². The van der Waals surface area contributed by atoms with E-state index in [0.29, 0.717) is 11.2 Å². The molecule has 6 rings (SSSR count). The van der Waals surface area contributed by atoms with Gasteiger partial charge in [-0.15, -0.1) is 0 Å². The standard InChI is InChI=1S/C29H26BrN3O2S/c30-20-10-8-19(9-11-20)25-16-17-26(35-25)28-27(24-7-3-4-18-31-24)32-29(36)33(28)21-12-14-23(15-13-21)34-22-5-1-2-6-22/h3-4,7-18,22,27-28H,1-2,5-6H2,(H,32,36). The van der Waals surface area contributed by atoms with Crippen LogP contribution in [0.25, 0.3) is 11.3 Å². The lowest BCUT2D eigenvalue weighted by Gasteiger charge is -2.26. The summed E-state index contributed by atoms with van der Waals surface area (Å²) >= 11 is 9.35. The molecule has 1 saturated heterocycles. The Bertz CT molecular complexity index is 1340. The van der Waals surface area contributed by atoms with Gasteiger partial charge in [-0.25, -0.2) is 0 Å². The van der Waals surface area contributed by atoms with Crippen LogP contribution in [0.1, 0.15) is 49.2 Å². The lowest BCUT2D eigenvalue weighted by molar-refractivity contribution is 0.210. The second kappa shape index (κ2) is 10.1. The second-order valence-corrected chi connectivity index (χ2v) is 10.5. The highest BCUT2D eigenvalue weighted by atomic mass is 79.9. The Hall–Kier alpha value is -3.16. The van der Waals surface area contributed by atoms with E-state index in [1.165, 1.54) is 12.8 Å². The van der Waals surface area contributed by atoms with Crippen LogP contribution in [0.5, 0.6) is 5.75 Å². The first kappa shape index (κ1) is 23.3. The first-order chi connectivity index (χ1) is 17.7. The first-order valence-electron chi connectivity index (χ1n) is 12.3. The van der Waals surface area contributed by atoms with Gasteiger partial charge in [0.1, 0.15) is 23.3 Å². The van der Waals surface area contributed by atoms with Gasteiger partial charge in [-0.3, -0.25) is 4.98 Å². The summed E-state index contributed by atoms with van der Waals surface area (Å²) in [5, 5.41) is 4.14. The van der Waals surface area contributed by atoms with Gasteiger partial charge in [0.25, 0.3) is 0 Å². The summed E-state index contributed by atoms with van der Waals surface area (Å²) in [5.74, 6) is 2.54. The van der Waals surface area contributed by atoms with E-state index in [4.69, 9.17) is 21.4 Å². The lowest BCUT2D eigenvalue weighted by atomic mass is 10.0. The molecule has 2 fully saturated rings. The van der Waals surface area contributed by atoms with Crippen LogP contribution in [0.2, 0.25) is 0 Å². The van der Waals surface area contributed by atoms with Gasteiger partial charge in [-0.2, -0.15) is 0 Å². The highest BCUT2D eigenvalue weighted by Gasteiger charge is 2.42. The van der Waals surface area contributed by atoms with Gasteiger partial charge in [-0.05, 0) is 98.6 Å². The van der Waals surface area contributed by atoms with Crippen molar-refractivity contribution in [2.75, 3.05) is 4.90 Å². The summed E-state index contributed by atoms with van der Waals surface area (Å²) in [5.41, 5.74) is 2.92. The van der Waals surface area contributed by atoms with Gasteiger partial charge in [0.15, 0.2) is 5.11 Å². The van der Waals surface area contributed by atoms with Gasteiger partial charge in [0, 0.05) is 21.9 Å². The Balaban J connectivity index is 1.34. The molecule has 2 aliphatic rings. The van der Waals surface area contributed by atoms with Crippen LogP contribution in [-0.2, 0) is 0 Å². The summed E-state index contributed by atoms with van der Waals surface area (Å²) in [6.45, 7) is 0. The van der Waals surface area contributed by atoms with Gasteiger partial charge < -0.3 is 19.4 Å². The van der Waals surface area contributed by atoms with E-state index in [9.17, 15) is 0 Å². The molecule has 0 radical (unpaired) electrons. The van der Waals surface area contributed by atoms with Crippen molar-refractivity contribution in [2.45, 2.75) is 43.9 Å². The highest BCUT2D eigenvalue weighted by molar-refractivity contribution is 9.10. The van der Waals surface area contributed by atoms with Crippen molar-refractivity contribution in [1.82, 2.24) is 10.3 Å². The van der Waals surface area contributed by atoms with E-state index in [1.807, 2.05) is 72.9 Å². The molecule has 36 heavy (non-hydrogen) atoms. The van der Waals surface area contributed by atoms with Gasteiger partial charge in [-0.1, -0.05) is 34.1 Å². The van der Waals surface area contributed by atoms with Gasteiger partial charge >= 0.3 is 0 Å². The molecule has 7 heteroatoms. The van der Waals surface area contributed by atoms with Crippen molar-refractivity contribution in [1.29, 1.82) is 0 Å². The number of aromatic nitrogens is 1. The molecule has 1 aliphatic heterocycles. The predicted molar refractivity (Wildman–Crippen MR) is 149 cm³/mol. The van der Waals surface area contributed by atoms with Crippen LogP contribution in [0.3, 0.4) is 0 Å². The van der Waals surface area contributed by atoms with Crippen molar-refractivity contribution in [3.63, 3.8) is 0 Å². The van der Waals surface area contributed by atoms with Crippen LogP contribution < -0.4 is 15.0 Å². The van der Waals surface area contributed by atoms with E-state index < -0.39 is 0 Å². The molecule has 2 aromatic carbocycles. The fourth-order valence-corrected chi connectivity index (χ4v) is 5.70. The van der Waals surface area contributed by atoms with Crippen molar-refractivity contribution in [3.05, 3.63) is 101 Å². The Morgan fingerprint density at radius 2 is 1.72 bits per heavy atom. The summed E-state index contributed by atoms with van der Waals surface area (Å²) in [6, 6.07) is 26.0. The zero-order valence-electron chi connectivity index (χ0n) is 19.6. The normalized spacial score (nSPS) is 20.0. The molecule has 0 amide bonds. The predicted octanol–water partition coefficient (Wildman–Crippen LogP) is 7.60. The fraction of sp³-hybridized carbons (Fsp3) is 0.241. The van der Waals surface area contributed by atoms with Gasteiger partial charge in [0.2, 0.25) is 0 Å². The van der Waals surface area contributed by atoms with Crippen LogP contribution in [0.4, 0.5) is 5.69 Å². The molecular formula is C29H26BrN3O2S. The van der Waals surface area contributed by atoms with Crippen molar-refractivity contribution < 1.29 is 9.15 Å². The maximum absolute atomic E-state index is 6.45. The third-order valence-corrected chi connectivity index (χ3v) is 7.71. The Morgan fingerprint density at radius 1 is 0.944 bits per heavy atom. The van der Waals surface area contributed by atoms with E-state index in [-0.39, 0.29) is 12.1 Å². The first-order valence-corrected chi connectivity index (χ1v) is 13.5. The molecular weight excluding hydrogens is 534 g/mol. The number of halogens is 1. The number of anilines is 1. The third-order valence-electron chi connectivity index (χ3n) is 6.86. The number of hydrogen-bond donors (Lipinski definition) is 1. The fourth-order valence-electron chi connectivity index (χ4n) is 5.09. The van der Waals surface area contributed by atoms with Crippen LogP contribution >= 0.6 is 28.1 Å². The molecule has 0 spiro atoms. The summed E-state index contributed by atoms with van der Waals surface area (Å²) in [4.78, 5) is 6.75. The smallest absolute Gasteiger partial charge is 0.174 e. The quantitative estimate of drug-likeness (QED) is 0.245. The van der Waals surface area contributed by atoms with Crippen molar-refractivity contribution >= 4 is 38.9 Å². The number of thiocarbonyl (C=S) groups is 1. The van der Waals surface area contributed by atoms with Crippen LogP contribution in [-0.4, -0.2) is 16.2 Å². The molecule has 2 atom stereocenters. The number of furan rings is 1. The summed E-state index contributed by atoms with van der Waals surface area (Å²) in [7, 11) is 0. The highest BCUT2D eigenvalue weighted by Crippen LogP contribution is 2.43. The minimum absolute atomic E-state index is 0.156. The molecule has 1 aliphatic carbocycles. The van der Waals surface area contributed by atoms with E-state index in [1.54, 1.807) is 0 Å². The largest absolute Gasteiger partial charge is 0.490 e. The number of nitrogens with one attached hydrogen (secondary N) is 1. The molecule has 2 aromatic heterocycles. The average molecular weight is 561 g/mol. The van der Waals surface area contributed by atoms with Crippen molar-refractivity contribution in [2.24, 2.45) is 0 Å². The maximum atomic E-state index is 6.45. The average Bonchev–Trinajstić information content (AvgIpc) is 3.66. The molecule has 5 nitrogen and oxygen atoms in total. The Kier molecular flexibility index (Phi) is 6.50. The zero-order valence-corrected chi connectivity index (χ0v) is 22.0. The third kappa shape index (κ3) is 4.65. The molecule has 4 aromatic rings. The zero-order chi connectivity index (χ0) is 24.5. The number of rotatable bonds is 6. The number of pyridine rings is 1.